The van der Waals surface area contributed by atoms with Crippen LogP contribution in [0.15, 0.2) is 9.00 Å². The molecule has 1 saturated heterocycles. The van der Waals surface area contributed by atoms with Gasteiger partial charge in [0, 0.05) is 18.3 Å². The number of aliphatic hydroxyl groups excluding tert-OH is 1. The highest BCUT2D eigenvalue weighted by Gasteiger charge is 2.37. The van der Waals surface area contributed by atoms with Gasteiger partial charge in [0.1, 0.15) is 0 Å². The number of hydrogen-bond acceptors (Lipinski definition) is 6. The predicted molar refractivity (Wildman–Crippen MR) is 69.9 cm³/mol. The van der Waals surface area contributed by atoms with Crippen LogP contribution in [-0.4, -0.2) is 54.7 Å². The molecule has 2 heterocycles. The number of morpholine rings is 1. The number of H-pyrrole nitrogens is 1. The van der Waals surface area contributed by atoms with Crippen LogP contribution < -0.4 is 4.87 Å². The predicted octanol–water partition coefficient (Wildman–Crippen LogP) is -0.485. The van der Waals surface area contributed by atoms with Gasteiger partial charge in [-0.25, -0.2) is 8.42 Å². The van der Waals surface area contributed by atoms with Crippen molar-refractivity contribution in [2.24, 2.45) is 0 Å². The molecule has 2 rings (SSSR count). The van der Waals surface area contributed by atoms with Crippen LogP contribution in [0.5, 0.6) is 0 Å². The Kier molecular flexibility index (Phi) is 4.11. The Bertz CT molecular complexity index is 606. The molecule has 0 amide bonds. The standard InChI is InChI=1S/C10H16N2O5S2/c1-6-5-17-8(4-13)3-12(6)19(15,16)9-7(2)11-10(14)18-9/h6,8,13H,3-5H2,1-2H3,(H,11,14). The Labute approximate surface area is 114 Å². The molecule has 1 aromatic heterocycles. The summed E-state index contributed by atoms with van der Waals surface area (Å²) in [6.45, 7) is 3.37. The summed E-state index contributed by atoms with van der Waals surface area (Å²) in [5, 5.41) is 9.09. The fourth-order valence-electron chi connectivity index (χ4n) is 1.98. The molecule has 0 aliphatic carbocycles. The van der Waals surface area contributed by atoms with Crippen LogP contribution in [0.2, 0.25) is 0 Å². The van der Waals surface area contributed by atoms with Crippen LogP contribution in [0.1, 0.15) is 12.6 Å². The maximum atomic E-state index is 12.5. The van der Waals surface area contributed by atoms with Gasteiger partial charge in [-0.1, -0.05) is 11.3 Å². The van der Waals surface area contributed by atoms with Crippen molar-refractivity contribution >= 4 is 21.4 Å². The van der Waals surface area contributed by atoms with E-state index < -0.39 is 21.0 Å². The molecule has 19 heavy (non-hydrogen) atoms. The molecule has 9 heteroatoms. The molecule has 1 aliphatic rings. The summed E-state index contributed by atoms with van der Waals surface area (Å²) in [6, 6.07) is -0.329. The summed E-state index contributed by atoms with van der Waals surface area (Å²) in [4.78, 5) is 13.3. The number of nitrogens with zero attached hydrogens (tertiary/aromatic N) is 1. The topological polar surface area (TPSA) is 99.7 Å². The molecule has 1 aliphatic heterocycles. The SMILES string of the molecule is Cc1[nH]c(=O)sc1S(=O)(=O)N1CC(CO)OCC1C. The van der Waals surface area contributed by atoms with Crippen LogP contribution >= 0.6 is 11.3 Å². The molecule has 0 spiro atoms. The highest BCUT2D eigenvalue weighted by atomic mass is 32.2. The lowest BCUT2D eigenvalue weighted by molar-refractivity contribution is -0.0515. The van der Waals surface area contributed by atoms with Gasteiger partial charge in [0.2, 0.25) is 0 Å². The number of thiazole rings is 1. The number of aryl methyl sites for hydroxylation is 1. The maximum absolute atomic E-state index is 12.5. The Morgan fingerprint density at radius 2 is 2.26 bits per heavy atom. The van der Waals surface area contributed by atoms with Gasteiger partial charge < -0.3 is 14.8 Å². The third-order valence-corrected chi connectivity index (χ3v) is 6.54. The quantitative estimate of drug-likeness (QED) is 0.785. The first-order chi connectivity index (χ1) is 8.86. The van der Waals surface area contributed by atoms with Gasteiger partial charge in [-0.15, -0.1) is 0 Å². The van der Waals surface area contributed by atoms with Crippen LogP contribution in [-0.2, 0) is 14.8 Å². The van der Waals surface area contributed by atoms with Crippen LogP contribution in [0.25, 0.3) is 0 Å². The fourth-order valence-corrected chi connectivity index (χ4v) is 5.04. The second kappa shape index (κ2) is 5.33. The number of ether oxygens (including phenoxy) is 1. The Morgan fingerprint density at radius 1 is 1.58 bits per heavy atom. The third kappa shape index (κ3) is 2.75. The summed E-state index contributed by atoms with van der Waals surface area (Å²) < 4.78 is 31.7. The minimum atomic E-state index is -3.73. The van der Waals surface area contributed by atoms with Gasteiger partial charge in [0.05, 0.1) is 19.3 Å². The summed E-state index contributed by atoms with van der Waals surface area (Å²) in [6.07, 6.45) is -0.526. The highest BCUT2D eigenvalue weighted by Crippen LogP contribution is 2.25. The zero-order chi connectivity index (χ0) is 14.2. The van der Waals surface area contributed by atoms with Gasteiger partial charge in [0.15, 0.2) is 4.21 Å². The van der Waals surface area contributed by atoms with E-state index in [1.807, 2.05) is 0 Å². The van der Waals surface area contributed by atoms with Crippen molar-refractivity contribution in [3.05, 3.63) is 15.4 Å². The van der Waals surface area contributed by atoms with E-state index in [0.717, 1.165) is 0 Å². The van der Waals surface area contributed by atoms with E-state index in [-0.39, 0.29) is 30.0 Å². The Morgan fingerprint density at radius 3 is 2.79 bits per heavy atom. The number of sulfonamides is 1. The minimum absolute atomic E-state index is 0.0305. The van der Waals surface area contributed by atoms with Gasteiger partial charge in [-0.2, -0.15) is 4.31 Å². The number of aliphatic hydroxyl groups is 1. The second-order valence-electron chi connectivity index (χ2n) is 4.49. The first-order valence-corrected chi connectivity index (χ1v) is 8.06. The van der Waals surface area contributed by atoms with E-state index in [4.69, 9.17) is 9.84 Å². The maximum Gasteiger partial charge on any atom is 0.305 e. The van der Waals surface area contributed by atoms with Gasteiger partial charge in [-0.05, 0) is 13.8 Å². The number of aromatic amines is 1. The lowest BCUT2D eigenvalue weighted by Crippen LogP contribution is -2.51. The highest BCUT2D eigenvalue weighted by molar-refractivity contribution is 7.91. The Hall–Kier alpha value is -0.740. The molecule has 1 aromatic rings. The van der Waals surface area contributed by atoms with Crippen molar-refractivity contribution in [1.82, 2.24) is 9.29 Å². The molecule has 0 saturated carbocycles. The molecule has 7 nitrogen and oxygen atoms in total. The monoisotopic (exact) mass is 308 g/mol. The number of aromatic nitrogens is 1. The molecule has 108 valence electrons. The lowest BCUT2D eigenvalue weighted by Gasteiger charge is -2.36. The van der Waals surface area contributed by atoms with Crippen LogP contribution in [0.4, 0.5) is 0 Å². The van der Waals surface area contributed by atoms with Crippen molar-refractivity contribution < 1.29 is 18.3 Å². The van der Waals surface area contributed by atoms with Crippen molar-refractivity contribution in [2.45, 2.75) is 30.2 Å². The summed E-state index contributed by atoms with van der Waals surface area (Å²) >= 11 is 0.682. The zero-order valence-electron chi connectivity index (χ0n) is 10.6. The van der Waals surface area contributed by atoms with E-state index >= 15 is 0 Å². The molecule has 1 fully saturated rings. The molecule has 0 aromatic carbocycles. The average Bonchev–Trinajstić information content (AvgIpc) is 2.69. The molecule has 0 bridgehead atoms. The summed E-state index contributed by atoms with van der Waals surface area (Å²) in [5.41, 5.74) is 0.342. The van der Waals surface area contributed by atoms with Crippen molar-refractivity contribution in [1.29, 1.82) is 0 Å². The smallest absolute Gasteiger partial charge is 0.305 e. The van der Waals surface area contributed by atoms with E-state index in [9.17, 15) is 13.2 Å². The van der Waals surface area contributed by atoms with E-state index in [0.29, 0.717) is 17.0 Å². The molecule has 2 unspecified atom stereocenters. The largest absolute Gasteiger partial charge is 0.394 e. The lowest BCUT2D eigenvalue weighted by atomic mass is 10.2. The molecule has 2 atom stereocenters. The van der Waals surface area contributed by atoms with E-state index in [2.05, 4.69) is 4.98 Å². The zero-order valence-corrected chi connectivity index (χ0v) is 12.3. The minimum Gasteiger partial charge on any atom is -0.394 e. The van der Waals surface area contributed by atoms with Crippen LogP contribution in [0, 0.1) is 6.92 Å². The van der Waals surface area contributed by atoms with Crippen molar-refractivity contribution in [3.63, 3.8) is 0 Å². The molecular weight excluding hydrogens is 292 g/mol. The summed E-state index contributed by atoms with van der Waals surface area (Å²) in [7, 11) is -3.73. The van der Waals surface area contributed by atoms with Crippen molar-refractivity contribution in [3.8, 4) is 0 Å². The fraction of sp³-hybridized carbons (Fsp3) is 0.700. The third-order valence-electron chi connectivity index (χ3n) is 2.98. The van der Waals surface area contributed by atoms with Gasteiger partial charge in [-0.3, -0.25) is 4.79 Å². The normalized spacial score (nSPS) is 25.6. The van der Waals surface area contributed by atoms with E-state index in [1.165, 1.54) is 4.31 Å². The first kappa shape index (κ1) is 14.7. The Balaban J connectivity index is 2.38. The molecular formula is C10H16N2O5S2. The average molecular weight is 308 g/mol. The van der Waals surface area contributed by atoms with E-state index in [1.54, 1.807) is 13.8 Å². The molecule has 0 radical (unpaired) electrons. The van der Waals surface area contributed by atoms with Gasteiger partial charge in [0.25, 0.3) is 10.0 Å². The first-order valence-electron chi connectivity index (χ1n) is 5.80. The number of hydrogen-bond donors (Lipinski definition) is 2. The number of nitrogens with one attached hydrogen (secondary N) is 1. The summed E-state index contributed by atoms with van der Waals surface area (Å²) in [5.74, 6) is 0. The van der Waals surface area contributed by atoms with Crippen molar-refractivity contribution in [2.75, 3.05) is 19.8 Å². The molecule has 2 N–H and O–H groups in total. The van der Waals surface area contributed by atoms with Gasteiger partial charge >= 0.3 is 4.87 Å². The second-order valence-corrected chi connectivity index (χ2v) is 7.56. The van der Waals surface area contributed by atoms with Crippen LogP contribution in [0.3, 0.4) is 0 Å². The number of rotatable bonds is 3.